The highest BCUT2D eigenvalue weighted by Gasteiger charge is 2.32. The van der Waals surface area contributed by atoms with Crippen LogP contribution in [0.2, 0.25) is 0 Å². The van der Waals surface area contributed by atoms with Gasteiger partial charge in [0.05, 0.1) is 6.04 Å². The van der Waals surface area contributed by atoms with Crippen molar-refractivity contribution in [3.63, 3.8) is 0 Å². The number of amides is 3. The van der Waals surface area contributed by atoms with E-state index in [0.717, 1.165) is 5.56 Å². The molecule has 0 heterocycles. The van der Waals surface area contributed by atoms with E-state index in [0.29, 0.717) is 17.5 Å². The molecule has 0 spiro atoms. The summed E-state index contributed by atoms with van der Waals surface area (Å²) < 4.78 is 0. The molecule has 11 nitrogen and oxygen atoms in total. The molecule has 8 N–H and O–H groups in total. The molecule has 0 radical (unpaired) electrons. The summed E-state index contributed by atoms with van der Waals surface area (Å²) >= 11 is 0. The molecule has 0 aromatic heterocycles. The Balaban J connectivity index is 1.79. The molecule has 5 unspecified atom stereocenters. The maximum atomic E-state index is 13.6. The molecule has 11 heteroatoms. The van der Waals surface area contributed by atoms with Crippen molar-refractivity contribution < 1.29 is 34.5 Å². The van der Waals surface area contributed by atoms with Crippen molar-refractivity contribution in [2.24, 2.45) is 11.7 Å². The first kappa shape index (κ1) is 33.6. The van der Waals surface area contributed by atoms with Crippen molar-refractivity contribution in [3.05, 3.63) is 95.6 Å². The Morgan fingerprint density at radius 2 is 1.14 bits per heavy atom. The van der Waals surface area contributed by atoms with Crippen molar-refractivity contribution in [2.75, 3.05) is 0 Å². The molecule has 0 saturated heterocycles. The molecule has 3 amide bonds. The molecule has 0 aliphatic heterocycles. The summed E-state index contributed by atoms with van der Waals surface area (Å²) in [5, 5.41) is 37.0. The maximum absolute atomic E-state index is 13.6. The largest absolute Gasteiger partial charge is 0.508 e. The SMILES string of the molecule is CCC(C)C(NC(=O)C(N)Cc1ccccc1)C(=O)NC(Cc1ccc(O)cc1)C(=O)NC(Cc1ccc(O)cc1)C(=O)O. The number of carboxylic acid groups (broad SMARTS) is 1. The van der Waals surface area contributed by atoms with Crippen LogP contribution >= 0.6 is 0 Å². The molecular formula is C33H40N4O7. The predicted octanol–water partition coefficient (Wildman–Crippen LogP) is 2.04. The molecular weight excluding hydrogens is 564 g/mol. The van der Waals surface area contributed by atoms with E-state index in [1.165, 1.54) is 24.3 Å². The van der Waals surface area contributed by atoms with E-state index < -0.39 is 47.9 Å². The number of nitrogens with one attached hydrogen (secondary N) is 3. The number of carbonyl (C=O) groups is 4. The lowest BCUT2D eigenvalue weighted by Gasteiger charge is -2.28. The van der Waals surface area contributed by atoms with Gasteiger partial charge in [-0.1, -0.05) is 74.9 Å². The van der Waals surface area contributed by atoms with Gasteiger partial charge in [0.25, 0.3) is 0 Å². The minimum absolute atomic E-state index is 0.0158. The smallest absolute Gasteiger partial charge is 0.326 e. The number of phenolic OH excluding ortho intramolecular Hbond substituents is 2. The number of aliphatic carboxylic acids is 1. The van der Waals surface area contributed by atoms with E-state index in [9.17, 15) is 34.5 Å². The Hall–Kier alpha value is -4.90. The van der Waals surface area contributed by atoms with Crippen molar-refractivity contribution in [2.45, 2.75) is 63.7 Å². The molecule has 0 fully saturated rings. The fourth-order valence-corrected chi connectivity index (χ4v) is 4.60. The molecule has 3 rings (SSSR count). The lowest BCUT2D eigenvalue weighted by molar-refractivity contribution is -0.142. The minimum atomic E-state index is -1.33. The molecule has 234 valence electrons. The summed E-state index contributed by atoms with van der Waals surface area (Å²) in [7, 11) is 0. The van der Waals surface area contributed by atoms with Crippen LogP contribution in [0, 0.1) is 5.92 Å². The van der Waals surface area contributed by atoms with Gasteiger partial charge < -0.3 is 37.0 Å². The summed E-state index contributed by atoms with van der Waals surface area (Å²) in [5.74, 6) is -3.44. The molecule has 44 heavy (non-hydrogen) atoms. The zero-order valence-electron chi connectivity index (χ0n) is 24.8. The third kappa shape index (κ3) is 10.1. The van der Waals surface area contributed by atoms with Gasteiger partial charge in [-0.15, -0.1) is 0 Å². The Morgan fingerprint density at radius 3 is 1.64 bits per heavy atom. The van der Waals surface area contributed by atoms with Crippen LogP contribution in [0.25, 0.3) is 0 Å². The molecule has 0 aliphatic rings. The van der Waals surface area contributed by atoms with Crippen LogP contribution in [0.5, 0.6) is 11.5 Å². The first-order chi connectivity index (χ1) is 21.0. The highest BCUT2D eigenvalue weighted by molar-refractivity contribution is 5.94. The van der Waals surface area contributed by atoms with Crippen molar-refractivity contribution in [1.29, 1.82) is 0 Å². The molecule has 0 aliphatic carbocycles. The number of benzene rings is 3. The number of phenols is 2. The Labute approximate surface area is 256 Å². The lowest BCUT2D eigenvalue weighted by atomic mass is 9.96. The molecule has 5 atom stereocenters. The summed E-state index contributed by atoms with van der Waals surface area (Å²) in [5.41, 5.74) is 8.20. The predicted molar refractivity (Wildman–Crippen MR) is 165 cm³/mol. The van der Waals surface area contributed by atoms with Gasteiger partial charge in [0.1, 0.15) is 29.6 Å². The van der Waals surface area contributed by atoms with Crippen molar-refractivity contribution in [3.8, 4) is 11.5 Å². The van der Waals surface area contributed by atoms with Crippen LogP contribution in [-0.4, -0.2) is 63.2 Å². The van der Waals surface area contributed by atoms with Crippen LogP contribution in [0.3, 0.4) is 0 Å². The van der Waals surface area contributed by atoms with Gasteiger partial charge in [-0.3, -0.25) is 14.4 Å². The third-order valence-electron chi connectivity index (χ3n) is 7.43. The fourth-order valence-electron chi connectivity index (χ4n) is 4.60. The molecule has 0 saturated carbocycles. The first-order valence-corrected chi connectivity index (χ1v) is 14.5. The summed E-state index contributed by atoms with van der Waals surface area (Å²) in [4.78, 5) is 52.3. The fraction of sp³-hybridized carbons (Fsp3) is 0.333. The van der Waals surface area contributed by atoms with Gasteiger partial charge in [-0.25, -0.2) is 4.79 Å². The van der Waals surface area contributed by atoms with E-state index >= 15 is 0 Å². The molecule has 0 bridgehead atoms. The average Bonchev–Trinajstić information content (AvgIpc) is 3.01. The monoisotopic (exact) mass is 604 g/mol. The van der Waals surface area contributed by atoms with Crippen molar-refractivity contribution in [1.82, 2.24) is 16.0 Å². The van der Waals surface area contributed by atoms with Crippen LogP contribution in [0.4, 0.5) is 0 Å². The minimum Gasteiger partial charge on any atom is -0.508 e. The quantitative estimate of drug-likeness (QED) is 0.137. The molecule has 3 aromatic carbocycles. The van der Waals surface area contributed by atoms with Gasteiger partial charge >= 0.3 is 5.97 Å². The van der Waals surface area contributed by atoms with Crippen LogP contribution in [0.15, 0.2) is 78.9 Å². The topological polar surface area (TPSA) is 191 Å². The number of hydrogen-bond acceptors (Lipinski definition) is 7. The molecule has 3 aromatic rings. The van der Waals surface area contributed by atoms with E-state index in [2.05, 4.69) is 16.0 Å². The number of carboxylic acids is 1. The van der Waals surface area contributed by atoms with Crippen LogP contribution in [0.1, 0.15) is 37.0 Å². The number of carbonyl (C=O) groups excluding carboxylic acids is 3. The number of aromatic hydroxyl groups is 2. The highest BCUT2D eigenvalue weighted by atomic mass is 16.4. The number of hydrogen-bond donors (Lipinski definition) is 7. The highest BCUT2D eigenvalue weighted by Crippen LogP contribution is 2.15. The Bertz CT molecular complexity index is 1400. The first-order valence-electron chi connectivity index (χ1n) is 14.5. The second kappa shape index (κ2) is 16.1. The Kier molecular flexibility index (Phi) is 12.3. The zero-order valence-corrected chi connectivity index (χ0v) is 24.8. The number of nitrogens with two attached hydrogens (primary N) is 1. The van der Waals surface area contributed by atoms with Crippen LogP contribution < -0.4 is 21.7 Å². The summed E-state index contributed by atoms with van der Waals surface area (Å²) in [6.45, 7) is 3.66. The second-order valence-electron chi connectivity index (χ2n) is 10.9. The lowest BCUT2D eigenvalue weighted by Crippen LogP contribution is -2.59. The summed E-state index contributed by atoms with van der Waals surface area (Å²) in [6, 6.07) is 16.8. The van der Waals surface area contributed by atoms with Crippen molar-refractivity contribution >= 4 is 23.7 Å². The van der Waals surface area contributed by atoms with Gasteiger partial charge in [0.2, 0.25) is 17.7 Å². The zero-order chi connectivity index (χ0) is 32.2. The standard InChI is InChI=1S/C33H40N4O7/c1-3-20(2)29(37-30(40)26(34)17-21-7-5-4-6-8-21)32(42)35-27(18-22-9-13-24(38)14-10-22)31(41)36-28(33(43)44)19-23-11-15-25(39)16-12-23/h4-16,20,26-29,38-39H,3,17-19,34H2,1-2H3,(H,35,42)(H,36,41)(H,37,40)(H,43,44). The van der Waals surface area contributed by atoms with E-state index in [-0.39, 0.29) is 36.7 Å². The van der Waals surface area contributed by atoms with Gasteiger partial charge in [-0.2, -0.15) is 0 Å². The van der Waals surface area contributed by atoms with Crippen LogP contribution in [-0.2, 0) is 38.4 Å². The van der Waals surface area contributed by atoms with E-state index in [4.69, 9.17) is 5.73 Å². The average molecular weight is 605 g/mol. The van der Waals surface area contributed by atoms with Gasteiger partial charge in [-0.05, 0) is 53.3 Å². The van der Waals surface area contributed by atoms with Gasteiger partial charge in [0, 0.05) is 12.8 Å². The number of rotatable bonds is 15. The normalized spacial score (nSPS) is 14.3. The second-order valence-corrected chi connectivity index (χ2v) is 10.9. The van der Waals surface area contributed by atoms with Gasteiger partial charge in [0.15, 0.2) is 0 Å². The third-order valence-corrected chi connectivity index (χ3v) is 7.43. The van der Waals surface area contributed by atoms with E-state index in [1.807, 2.05) is 37.3 Å². The maximum Gasteiger partial charge on any atom is 0.326 e. The summed E-state index contributed by atoms with van der Waals surface area (Å²) in [6.07, 6.45) is 0.726. The Morgan fingerprint density at radius 1 is 0.659 bits per heavy atom. The van der Waals surface area contributed by atoms with E-state index in [1.54, 1.807) is 31.2 Å².